The average molecular weight is 376 g/mol. The summed E-state index contributed by atoms with van der Waals surface area (Å²) in [5.41, 5.74) is 0.119. The fourth-order valence-corrected chi connectivity index (χ4v) is 4.55. The van der Waals surface area contributed by atoms with Gasteiger partial charge < -0.3 is 15.3 Å². The summed E-state index contributed by atoms with van der Waals surface area (Å²) in [5, 5.41) is 31.8. The maximum Gasteiger partial charge on any atom is 1.00 e. The molecule has 0 saturated carbocycles. The van der Waals surface area contributed by atoms with Crippen LogP contribution in [0, 0.1) is 0 Å². The van der Waals surface area contributed by atoms with Gasteiger partial charge in [0.15, 0.2) is 6.04 Å². The first-order valence-corrected chi connectivity index (χ1v) is 8.72. The number of carbonyl (C=O) groups is 2. The van der Waals surface area contributed by atoms with Crippen LogP contribution in [-0.2, 0) is 16.0 Å². The third-order valence-corrected chi connectivity index (χ3v) is 5.80. The fourth-order valence-electron chi connectivity index (χ4n) is 2.53. The maximum absolute atomic E-state index is 12.2. The van der Waals surface area contributed by atoms with E-state index in [0.717, 1.165) is 9.78 Å². The molecule has 122 valence electrons. The number of aliphatic carboxylic acids is 1. The van der Waals surface area contributed by atoms with E-state index in [-0.39, 0.29) is 47.6 Å². The summed E-state index contributed by atoms with van der Waals surface area (Å²) in [6, 6.07) is 2.81. The second kappa shape index (κ2) is 8.03. The number of carboxylic acid groups (broad SMARTS) is 1. The molecule has 0 radical (unpaired) electrons. The summed E-state index contributed by atoms with van der Waals surface area (Å²) < 4.78 is 0. The zero-order valence-electron chi connectivity index (χ0n) is 12.8. The number of aliphatic hydroxyl groups is 1. The van der Waals surface area contributed by atoms with Gasteiger partial charge in [-0.15, -0.1) is 23.1 Å². The first-order valence-electron chi connectivity index (χ1n) is 6.80. The van der Waals surface area contributed by atoms with Crippen molar-refractivity contribution in [2.24, 2.45) is 4.99 Å². The van der Waals surface area contributed by atoms with Crippen LogP contribution in [0.5, 0.6) is 0 Å². The van der Waals surface area contributed by atoms with Crippen LogP contribution in [0.1, 0.15) is 4.88 Å². The number of thiophene rings is 1. The number of β-lactam (4-membered cyclic amide) rings is 1. The molecular formula is C14H13N2NaO5S2. The van der Waals surface area contributed by atoms with Crippen LogP contribution in [0.25, 0.3) is 0 Å². The van der Waals surface area contributed by atoms with Crippen molar-refractivity contribution in [2.75, 3.05) is 12.4 Å². The number of carbonyl (C=O) groups excluding carboxylic acids is 1. The van der Waals surface area contributed by atoms with Crippen molar-refractivity contribution < 1.29 is 54.5 Å². The summed E-state index contributed by atoms with van der Waals surface area (Å²) >= 11 is 2.75. The Bertz CT molecular complexity index is 704. The minimum absolute atomic E-state index is 0. The van der Waals surface area contributed by atoms with Gasteiger partial charge in [-0.1, -0.05) is 6.07 Å². The molecule has 0 aliphatic carbocycles. The van der Waals surface area contributed by atoms with Crippen LogP contribution in [-0.4, -0.2) is 56.7 Å². The molecule has 0 unspecified atom stereocenters. The van der Waals surface area contributed by atoms with Crippen LogP contribution in [0.3, 0.4) is 0 Å². The Balaban J connectivity index is 0.00000208. The molecule has 2 aliphatic heterocycles. The number of amides is 1. The Morgan fingerprint density at radius 1 is 1.50 bits per heavy atom. The first kappa shape index (κ1) is 19.5. The Kier molecular flexibility index (Phi) is 6.52. The molecule has 10 heteroatoms. The molecule has 1 aromatic rings. The van der Waals surface area contributed by atoms with Gasteiger partial charge in [-0.2, -0.15) is 0 Å². The number of hydrogen-bond donors (Lipinski definition) is 2. The molecule has 1 aromatic heterocycles. The molecule has 3 heterocycles. The third-order valence-electron chi connectivity index (χ3n) is 3.60. The van der Waals surface area contributed by atoms with E-state index >= 15 is 0 Å². The van der Waals surface area contributed by atoms with E-state index in [4.69, 9.17) is 0 Å². The topological polar surface area (TPSA) is 113 Å². The van der Waals surface area contributed by atoms with Crippen molar-refractivity contribution in [1.29, 1.82) is 0 Å². The van der Waals surface area contributed by atoms with Gasteiger partial charge in [0.1, 0.15) is 11.1 Å². The smallest absolute Gasteiger partial charge is 0.862 e. The number of hydrogen-bond acceptors (Lipinski definition) is 7. The van der Waals surface area contributed by atoms with Crippen molar-refractivity contribution in [1.82, 2.24) is 4.90 Å². The Hall–Kier alpha value is -0.840. The van der Waals surface area contributed by atoms with Crippen LogP contribution in [0.4, 0.5) is 0 Å². The molecule has 1 saturated heterocycles. The number of aliphatic hydroxyl groups excluding tert-OH is 1. The average Bonchev–Trinajstić information content (AvgIpc) is 3.03. The van der Waals surface area contributed by atoms with Gasteiger partial charge in [-0.25, -0.2) is 4.79 Å². The number of carboxylic acids is 1. The number of aliphatic imine (C=N–C) groups is 1. The molecule has 1 amide bonds. The zero-order chi connectivity index (χ0) is 16.6. The first-order chi connectivity index (χ1) is 11.0. The molecular weight excluding hydrogens is 363 g/mol. The molecule has 1 fully saturated rings. The van der Waals surface area contributed by atoms with Crippen LogP contribution in [0.2, 0.25) is 0 Å². The van der Waals surface area contributed by atoms with Gasteiger partial charge in [-0.05, 0) is 22.9 Å². The molecule has 0 bridgehead atoms. The fraction of sp³-hybridized carbons (Fsp3) is 0.357. The molecule has 2 atom stereocenters. The normalized spacial score (nSPS) is 23.5. The quantitative estimate of drug-likeness (QED) is 0.241. The third kappa shape index (κ3) is 3.56. The second-order valence-electron chi connectivity index (χ2n) is 5.05. The number of rotatable bonds is 5. The summed E-state index contributed by atoms with van der Waals surface area (Å²) in [6.45, 7) is -0.412. The van der Waals surface area contributed by atoms with E-state index in [9.17, 15) is 24.9 Å². The zero-order valence-corrected chi connectivity index (χ0v) is 16.5. The van der Waals surface area contributed by atoms with Gasteiger partial charge in [-0.3, -0.25) is 14.7 Å². The van der Waals surface area contributed by atoms with Crippen LogP contribution in [0.15, 0.2) is 33.8 Å². The van der Waals surface area contributed by atoms with Gasteiger partial charge in [0.05, 0.1) is 6.61 Å². The van der Waals surface area contributed by atoms with E-state index in [1.807, 2.05) is 17.5 Å². The molecule has 2 aliphatic rings. The largest absolute Gasteiger partial charge is 1.00 e. The van der Waals surface area contributed by atoms with Crippen molar-refractivity contribution >= 4 is 40.9 Å². The Morgan fingerprint density at radius 3 is 2.83 bits per heavy atom. The molecule has 0 spiro atoms. The molecule has 0 aromatic carbocycles. The summed E-state index contributed by atoms with van der Waals surface area (Å²) in [5.74, 6) is -1.85. The van der Waals surface area contributed by atoms with E-state index in [1.54, 1.807) is 0 Å². The number of fused-ring (bicyclic) bond motifs is 1. The number of thioether (sulfide) groups is 1. The van der Waals surface area contributed by atoms with E-state index in [0.29, 0.717) is 11.3 Å². The monoisotopic (exact) mass is 376 g/mol. The van der Waals surface area contributed by atoms with Crippen molar-refractivity contribution in [3.05, 3.63) is 33.7 Å². The molecule has 2 N–H and O–H groups in total. The number of nitrogens with zero attached hydrogens (tertiary/aromatic N) is 2. The minimum atomic E-state index is -1.25. The summed E-state index contributed by atoms with van der Waals surface area (Å²) in [6.07, 6.45) is 0.141. The predicted octanol–water partition coefficient (Wildman–Crippen LogP) is -3.33. The Labute approximate surface area is 168 Å². The standard InChI is InChI=1S/C14H14N2O5S2.Na/c17-5-7-6-23-13-10(12(19)16(13)11(7)14(20)21)15-9(18)4-8-2-1-3-22-8;/h1-3,10,13,17H,4-6H2,(H,15,18)(H,20,21);/q;+1/p-1/t10-,13-;/m1./s1. The predicted molar refractivity (Wildman–Crippen MR) is 84.1 cm³/mol. The van der Waals surface area contributed by atoms with E-state index < -0.39 is 29.9 Å². The Morgan fingerprint density at radius 2 is 2.25 bits per heavy atom. The van der Waals surface area contributed by atoms with Crippen molar-refractivity contribution in [3.8, 4) is 0 Å². The second-order valence-corrected chi connectivity index (χ2v) is 7.19. The van der Waals surface area contributed by atoms with Crippen molar-refractivity contribution in [3.63, 3.8) is 0 Å². The maximum atomic E-state index is 12.2. The van der Waals surface area contributed by atoms with Crippen molar-refractivity contribution in [2.45, 2.75) is 17.8 Å². The summed E-state index contributed by atoms with van der Waals surface area (Å²) in [4.78, 5) is 29.5. The minimum Gasteiger partial charge on any atom is -0.862 e. The van der Waals surface area contributed by atoms with Crippen LogP contribution >= 0.6 is 23.1 Å². The molecule has 7 nitrogen and oxygen atoms in total. The van der Waals surface area contributed by atoms with E-state index in [1.165, 1.54) is 23.1 Å². The molecule has 3 rings (SSSR count). The van der Waals surface area contributed by atoms with Gasteiger partial charge >= 0.3 is 35.5 Å². The van der Waals surface area contributed by atoms with E-state index in [2.05, 4.69) is 4.99 Å². The summed E-state index contributed by atoms with van der Waals surface area (Å²) in [7, 11) is 0. The van der Waals surface area contributed by atoms with Gasteiger partial charge in [0.2, 0.25) is 0 Å². The van der Waals surface area contributed by atoms with Gasteiger partial charge in [0, 0.05) is 17.1 Å². The SMILES string of the molecule is O=C(O)C1=C(CO)CS[C@@H]2[C@H](N=C([O-])Cc3cccs3)C(=O)N12.[Na+]. The molecule has 24 heavy (non-hydrogen) atoms. The van der Waals surface area contributed by atoms with Gasteiger partial charge in [0.25, 0.3) is 5.91 Å². The van der Waals surface area contributed by atoms with Crippen LogP contribution < -0.4 is 34.7 Å².